The molecule has 12 heteroatoms. The Labute approximate surface area is 175 Å². The SMILES string of the molecule is O=C(O)CN(CCCCCC(=O)NCC(=O)N1CCCC1B(O)O)Cc1ncc[nH]1. The third-order valence-electron chi connectivity index (χ3n) is 5.07. The molecule has 1 saturated heterocycles. The second-order valence-electron chi connectivity index (χ2n) is 7.44. The Kier molecular flexibility index (Phi) is 9.78. The first-order valence-corrected chi connectivity index (χ1v) is 10.2. The number of carbonyl (C=O) groups is 3. The molecular weight excluding hydrogens is 393 g/mol. The molecule has 2 heterocycles. The zero-order chi connectivity index (χ0) is 21.9. The van der Waals surface area contributed by atoms with Crippen LogP contribution < -0.4 is 5.32 Å². The average molecular weight is 423 g/mol. The Hall–Kier alpha value is -2.44. The molecule has 0 spiro atoms. The number of carboxylic acids is 1. The molecule has 1 atom stereocenters. The molecule has 0 bridgehead atoms. The number of aliphatic carboxylic acids is 1. The summed E-state index contributed by atoms with van der Waals surface area (Å²) in [6.07, 6.45) is 6.95. The van der Waals surface area contributed by atoms with Crippen molar-refractivity contribution in [3.63, 3.8) is 0 Å². The number of aromatic nitrogens is 2. The molecule has 1 unspecified atom stereocenters. The predicted molar refractivity (Wildman–Crippen MR) is 108 cm³/mol. The van der Waals surface area contributed by atoms with Gasteiger partial charge in [0.2, 0.25) is 11.8 Å². The Balaban J connectivity index is 1.60. The van der Waals surface area contributed by atoms with Gasteiger partial charge in [-0.1, -0.05) is 6.42 Å². The number of hydrogen-bond acceptors (Lipinski definition) is 7. The zero-order valence-corrected chi connectivity index (χ0v) is 17.0. The fraction of sp³-hybridized carbons (Fsp3) is 0.667. The van der Waals surface area contributed by atoms with Crippen molar-refractivity contribution in [2.45, 2.75) is 51.0 Å². The molecule has 0 saturated carbocycles. The van der Waals surface area contributed by atoms with Crippen LogP contribution >= 0.6 is 0 Å². The van der Waals surface area contributed by atoms with E-state index in [2.05, 4.69) is 15.3 Å². The van der Waals surface area contributed by atoms with Crippen molar-refractivity contribution in [1.82, 2.24) is 25.1 Å². The van der Waals surface area contributed by atoms with E-state index in [1.165, 1.54) is 4.90 Å². The number of rotatable bonds is 13. The molecule has 0 radical (unpaired) electrons. The highest BCUT2D eigenvalue weighted by atomic mass is 16.4. The number of likely N-dealkylation sites (tertiary alicyclic amines) is 1. The summed E-state index contributed by atoms with van der Waals surface area (Å²) in [6, 6.07) is 0. The van der Waals surface area contributed by atoms with Gasteiger partial charge in [-0.05, 0) is 32.2 Å². The lowest BCUT2D eigenvalue weighted by atomic mass is 9.78. The van der Waals surface area contributed by atoms with Crippen LogP contribution in [0.15, 0.2) is 12.4 Å². The lowest BCUT2D eigenvalue weighted by Gasteiger charge is -2.24. The van der Waals surface area contributed by atoms with Gasteiger partial charge in [0.25, 0.3) is 0 Å². The summed E-state index contributed by atoms with van der Waals surface area (Å²) in [7, 11) is -1.57. The first-order chi connectivity index (χ1) is 14.4. The minimum atomic E-state index is -1.57. The van der Waals surface area contributed by atoms with Gasteiger partial charge < -0.3 is 30.4 Å². The molecule has 0 aliphatic carbocycles. The van der Waals surface area contributed by atoms with Gasteiger partial charge in [-0.3, -0.25) is 19.3 Å². The van der Waals surface area contributed by atoms with Crippen LogP contribution in [0.3, 0.4) is 0 Å². The maximum Gasteiger partial charge on any atom is 0.475 e. The van der Waals surface area contributed by atoms with Crippen molar-refractivity contribution >= 4 is 24.9 Å². The number of aromatic amines is 1. The van der Waals surface area contributed by atoms with Crippen LogP contribution in [0.2, 0.25) is 0 Å². The molecule has 1 aromatic heterocycles. The third-order valence-corrected chi connectivity index (χ3v) is 5.07. The fourth-order valence-electron chi connectivity index (χ4n) is 3.58. The van der Waals surface area contributed by atoms with Gasteiger partial charge in [0.15, 0.2) is 0 Å². The summed E-state index contributed by atoms with van der Waals surface area (Å²) >= 11 is 0. The van der Waals surface area contributed by atoms with Gasteiger partial charge in [-0.25, -0.2) is 4.98 Å². The van der Waals surface area contributed by atoms with Crippen molar-refractivity contribution in [2.75, 3.05) is 26.2 Å². The lowest BCUT2D eigenvalue weighted by molar-refractivity contribution is -0.138. The number of nitrogens with one attached hydrogen (secondary N) is 2. The van der Waals surface area contributed by atoms with Crippen molar-refractivity contribution in [2.24, 2.45) is 0 Å². The number of H-pyrrole nitrogens is 1. The first kappa shape index (κ1) is 23.8. The van der Waals surface area contributed by atoms with Gasteiger partial charge in [-0.15, -0.1) is 0 Å². The number of hydrogen-bond donors (Lipinski definition) is 5. The molecule has 1 fully saturated rings. The standard InChI is InChI=1S/C18H30BN5O6/c25-16(22-11-17(26)24-10-4-5-14(24)19(29)30)6-2-1-3-9-23(13-18(27)28)12-15-20-7-8-21-15/h7-8,14,29-30H,1-6,9-13H2,(H,20,21)(H,22,25)(H,27,28). The Morgan fingerprint density at radius 1 is 1.30 bits per heavy atom. The summed E-state index contributed by atoms with van der Waals surface area (Å²) < 4.78 is 0. The maximum atomic E-state index is 12.2. The quantitative estimate of drug-likeness (QED) is 0.199. The van der Waals surface area contributed by atoms with E-state index in [0.717, 1.165) is 12.8 Å². The number of carboxylic acid groups (broad SMARTS) is 1. The summed E-state index contributed by atoms with van der Waals surface area (Å²) in [5.41, 5.74) is 0. The number of unbranched alkanes of at least 4 members (excludes halogenated alkanes) is 2. The van der Waals surface area contributed by atoms with E-state index >= 15 is 0 Å². The van der Waals surface area contributed by atoms with Gasteiger partial charge in [-0.2, -0.15) is 0 Å². The number of carbonyl (C=O) groups excluding carboxylic acids is 2. The van der Waals surface area contributed by atoms with Crippen LogP contribution in [0.4, 0.5) is 0 Å². The van der Waals surface area contributed by atoms with Gasteiger partial charge >= 0.3 is 13.1 Å². The summed E-state index contributed by atoms with van der Waals surface area (Å²) in [4.78, 5) is 45.4. The Morgan fingerprint density at radius 2 is 2.10 bits per heavy atom. The van der Waals surface area contributed by atoms with Crippen LogP contribution in [0, 0.1) is 0 Å². The lowest BCUT2D eigenvalue weighted by Crippen LogP contribution is -2.48. The normalized spacial score (nSPS) is 16.1. The van der Waals surface area contributed by atoms with E-state index in [-0.39, 0.29) is 31.3 Å². The monoisotopic (exact) mass is 423 g/mol. The van der Waals surface area contributed by atoms with Crippen molar-refractivity contribution < 1.29 is 29.5 Å². The highest BCUT2D eigenvalue weighted by Crippen LogP contribution is 2.17. The Morgan fingerprint density at radius 3 is 2.77 bits per heavy atom. The van der Waals surface area contributed by atoms with Gasteiger partial charge in [0.1, 0.15) is 5.82 Å². The predicted octanol–water partition coefficient (Wildman–Crippen LogP) is -1.02. The number of nitrogens with zero attached hydrogens (tertiary/aromatic N) is 3. The van der Waals surface area contributed by atoms with Crippen molar-refractivity contribution in [1.29, 1.82) is 0 Å². The van der Waals surface area contributed by atoms with Gasteiger partial charge in [0.05, 0.1) is 25.6 Å². The van der Waals surface area contributed by atoms with Crippen molar-refractivity contribution in [3.8, 4) is 0 Å². The summed E-state index contributed by atoms with van der Waals surface area (Å²) in [5.74, 6) is -1.36. The molecule has 5 N–H and O–H groups in total. The van der Waals surface area contributed by atoms with Crippen LogP contribution in [0.1, 0.15) is 44.3 Å². The zero-order valence-electron chi connectivity index (χ0n) is 17.0. The summed E-state index contributed by atoms with van der Waals surface area (Å²) in [6.45, 7) is 1.22. The fourth-order valence-corrected chi connectivity index (χ4v) is 3.58. The molecule has 2 rings (SSSR count). The second-order valence-corrected chi connectivity index (χ2v) is 7.44. The Bertz CT molecular complexity index is 687. The highest BCUT2D eigenvalue weighted by molar-refractivity contribution is 6.43. The molecule has 2 amide bonds. The second kappa shape index (κ2) is 12.3. The molecule has 1 aliphatic rings. The van der Waals surface area contributed by atoms with E-state index in [1.807, 2.05) is 0 Å². The number of imidazole rings is 1. The first-order valence-electron chi connectivity index (χ1n) is 10.2. The molecule has 0 aromatic carbocycles. The molecule has 11 nitrogen and oxygen atoms in total. The number of amides is 2. The van der Waals surface area contributed by atoms with Crippen LogP contribution in [0.5, 0.6) is 0 Å². The van der Waals surface area contributed by atoms with E-state index in [4.69, 9.17) is 5.11 Å². The van der Waals surface area contributed by atoms with E-state index in [1.54, 1.807) is 17.3 Å². The smallest absolute Gasteiger partial charge is 0.475 e. The van der Waals surface area contributed by atoms with Crippen LogP contribution in [-0.2, 0) is 20.9 Å². The van der Waals surface area contributed by atoms with Crippen LogP contribution in [-0.4, -0.2) is 91.9 Å². The maximum absolute atomic E-state index is 12.2. The minimum absolute atomic E-state index is 0.0800. The van der Waals surface area contributed by atoms with E-state index in [0.29, 0.717) is 44.7 Å². The minimum Gasteiger partial charge on any atom is -0.480 e. The molecular formula is C18H30BN5O6. The molecule has 1 aromatic rings. The molecule has 1 aliphatic heterocycles. The van der Waals surface area contributed by atoms with Crippen molar-refractivity contribution in [3.05, 3.63) is 18.2 Å². The van der Waals surface area contributed by atoms with Crippen LogP contribution in [0.25, 0.3) is 0 Å². The van der Waals surface area contributed by atoms with E-state index < -0.39 is 19.0 Å². The molecule has 30 heavy (non-hydrogen) atoms. The third kappa shape index (κ3) is 8.13. The van der Waals surface area contributed by atoms with Gasteiger partial charge in [0, 0.05) is 25.4 Å². The molecule has 166 valence electrons. The topological polar surface area (TPSA) is 159 Å². The highest BCUT2D eigenvalue weighted by Gasteiger charge is 2.36. The largest absolute Gasteiger partial charge is 0.480 e. The average Bonchev–Trinajstić information content (AvgIpc) is 3.37. The summed E-state index contributed by atoms with van der Waals surface area (Å²) in [5, 5.41) is 30.2. The van der Waals surface area contributed by atoms with E-state index in [9.17, 15) is 24.4 Å².